The SMILES string of the molecule is CC(C)(O)CC(O)C#Cc1ccccc1. The molecule has 0 aliphatic rings. The van der Waals surface area contributed by atoms with Crippen LogP contribution in [0.15, 0.2) is 30.3 Å². The van der Waals surface area contributed by atoms with Crippen molar-refractivity contribution in [3.8, 4) is 11.8 Å². The van der Waals surface area contributed by atoms with Crippen molar-refractivity contribution in [1.82, 2.24) is 0 Å². The molecule has 1 aromatic rings. The van der Waals surface area contributed by atoms with E-state index in [-0.39, 0.29) is 6.42 Å². The summed E-state index contributed by atoms with van der Waals surface area (Å²) in [6.07, 6.45) is -0.530. The average Bonchev–Trinajstić information content (AvgIpc) is 2.14. The Morgan fingerprint density at radius 1 is 1.27 bits per heavy atom. The van der Waals surface area contributed by atoms with Gasteiger partial charge in [0, 0.05) is 12.0 Å². The predicted octanol–water partition coefficient (Wildman–Crippen LogP) is 1.56. The molecule has 1 unspecified atom stereocenters. The molecule has 2 nitrogen and oxygen atoms in total. The molecule has 0 heterocycles. The van der Waals surface area contributed by atoms with Gasteiger partial charge in [0.1, 0.15) is 6.10 Å². The van der Waals surface area contributed by atoms with Gasteiger partial charge in [0.25, 0.3) is 0 Å². The fourth-order valence-corrected chi connectivity index (χ4v) is 1.21. The molecule has 0 fully saturated rings. The quantitative estimate of drug-likeness (QED) is 0.718. The lowest BCUT2D eigenvalue weighted by Gasteiger charge is -2.17. The van der Waals surface area contributed by atoms with Gasteiger partial charge in [-0.25, -0.2) is 0 Å². The Hall–Kier alpha value is -1.30. The summed E-state index contributed by atoms with van der Waals surface area (Å²) >= 11 is 0. The number of aliphatic hydroxyl groups is 2. The molecule has 2 N–H and O–H groups in total. The van der Waals surface area contributed by atoms with Gasteiger partial charge in [-0.15, -0.1) is 0 Å². The lowest BCUT2D eigenvalue weighted by atomic mass is 10.0. The highest BCUT2D eigenvalue weighted by Crippen LogP contribution is 2.10. The number of aliphatic hydroxyl groups excluding tert-OH is 1. The van der Waals surface area contributed by atoms with Crippen molar-refractivity contribution in [2.24, 2.45) is 0 Å². The molecule has 0 bridgehead atoms. The summed E-state index contributed by atoms with van der Waals surface area (Å²) in [5.41, 5.74) is -0.0163. The second-order valence-corrected chi connectivity index (χ2v) is 4.17. The molecular formula is C13H16O2. The maximum Gasteiger partial charge on any atom is 0.117 e. The highest BCUT2D eigenvalue weighted by atomic mass is 16.3. The lowest BCUT2D eigenvalue weighted by molar-refractivity contribution is 0.0356. The van der Waals surface area contributed by atoms with E-state index in [0.717, 1.165) is 5.56 Å². The third-order valence-electron chi connectivity index (χ3n) is 1.85. The van der Waals surface area contributed by atoms with Crippen LogP contribution in [0.1, 0.15) is 25.8 Å². The molecule has 0 saturated carbocycles. The van der Waals surface area contributed by atoms with Crippen LogP contribution in [-0.2, 0) is 0 Å². The van der Waals surface area contributed by atoms with Crippen molar-refractivity contribution >= 4 is 0 Å². The second-order valence-electron chi connectivity index (χ2n) is 4.17. The van der Waals surface area contributed by atoms with Crippen LogP contribution in [0.25, 0.3) is 0 Å². The van der Waals surface area contributed by atoms with E-state index in [1.165, 1.54) is 0 Å². The van der Waals surface area contributed by atoms with Crippen LogP contribution >= 0.6 is 0 Å². The zero-order chi connectivity index (χ0) is 11.3. The summed E-state index contributed by atoms with van der Waals surface area (Å²) in [5, 5.41) is 19.0. The van der Waals surface area contributed by atoms with E-state index >= 15 is 0 Å². The highest BCUT2D eigenvalue weighted by Gasteiger charge is 2.16. The van der Waals surface area contributed by atoms with Crippen LogP contribution in [0.2, 0.25) is 0 Å². The summed E-state index contributed by atoms with van der Waals surface area (Å²) < 4.78 is 0. The Labute approximate surface area is 90.6 Å². The van der Waals surface area contributed by atoms with Gasteiger partial charge in [-0.1, -0.05) is 30.0 Å². The van der Waals surface area contributed by atoms with Gasteiger partial charge in [0.05, 0.1) is 5.60 Å². The fourth-order valence-electron chi connectivity index (χ4n) is 1.21. The summed E-state index contributed by atoms with van der Waals surface area (Å²) in [6, 6.07) is 9.46. The summed E-state index contributed by atoms with van der Waals surface area (Å²) in [4.78, 5) is 0. The molecular weight excluding hydrogens is 188 g/mol. The lowest BCUT2D eigenvalue weighted by Crippen LogP contribution is -2.25. The number of hydrogen-bond donors (Lipinski definition) is 2. The van der Waals surface area contributed by atoms with Crippen LogP contribution in [0, 0.1) is 11.8 Å². The van der Waals surface area contributed by atoms with Crippen molar-refractivity contribution in [2.45, 2.75) is 32.0 Å². The van der Waals surface area contributed by atoms with Gasteiger partial charge in [-0.05, 0) is 26.0 Å². The van der Waals surface area contributed by atoms with Crippen LogP contribution in [0.5, 0.6) is 0 Å². The van der Waals surface area contributed by atoms with Crippen molar-refractivity contribution in [3.63, 3.8) is 0 Å². The Balaban J connectivity index is 2.59. The van der Waals surface area contributed by atoms with Crippen molar-refractivity contribution in [2.75, 3.05) is 0 Å². The zero-order valence-electron chi connectivity index (χ0n) is 9.07. The summed E-state index contributed by atoms with van der Waals surface area (Å²) in [5.74, 6) is 5.56. The predicted molar refractivity (Wildman–Crippen MR) is 60.2 cm³/mol. The molecule has 0 aliphatic carbocycles. The summed E-state index contributed by atoms with van der Waals surface area (Å²) in [7, 11) is 0. The van der Waals surface area contributed by atoms with E-state index in [1.807, 2.05) is 30.3 Å². The molecule has 0 amide bonds. The van der Waals surface area contributed by atoms with Crippen molar-refractivity contribution < 1.29 is 10.2 Å². The zero-order valence-corrected chi connectivity index (χ0v) is 9.07. The second kappa shape index (κ2) is 4.97. The first kappa shape index (κ1) is 11.8. The molecule has 0 saturated heterocycles. The maximum atomic E-state index is 9.51. The first-order valence-electron chi connectivity index (χ1n) is 4.94. The number of hydrogen-bond acceptors (Lipinski definition) is 2. The van der Waals surface area contributed by atoms with Crippen LogP contribution in [0.3, 0.4) is 0 Å². The number of benzene rings is 1. The molecule has 0 radical (unpaired) electrons. The van der Waals surface area contributed by atoms with Crippen LogP contribution in [0.4, 0.5) is 0 Å². The maximum absolute atomic E-state index is 9.51. The third kappa shape index (κ3) is 5.21. The van der Waals surface area contributed by atoms with E-state index in [0.29, 0.717) is 0 Å². The summed E-state index contributed by atoms with van der Waals surface area (Å²) in [6.45, 7) is 3.31. The molecule has 1 aromatic carbocycles. The Kier molecular flexibility index (Phi) is 3.90. The van der Waals surface area contributed by atoms with E-state index in [1.54, 1.807) is 13.8 Å². The average molecular weight is 204 g/mol. The van der Waals surface area contributed by atoms with Gasteiger partial charge in [0.15, 0.2) is 0 Å². The molecule has 1 atom stereocenters. The molecule has 15 heavy (non-hydrogen) atoms. The van der Waals surface area contributed by atoms with Gasteiger partial charge < -0.3 is 10.2 Å². The monoisotopic (exact) mass is 204 g/mol. The van der Waals surface area contributed by atoms with Gasteiger partial charge in [-0.3, -0.25) is 0 Å². The molecule has 2 heteroatoms. The minimum absolute atomic E-state index is 0.257. The topological polar surface area (TPSA) is 40.5 Å². The number of rotatable bonds is 2. The Morgan fingerprint density at radius 2 is 1.87 bits per heavy atom. The van der Waals surface area contributed by atoms with Crippen LogP contribution in [-0.4, -0.2) is 21.9 Å². The molecule has 1 rings (SSSR count). The van der Waals surface area contributed by atoms with E-state index in [4.69, 9.17) is 0 Å². The minimum atomic E-state index is -0.884. The highest BCUT2D eigenvalue weighted by molar-refractivity contribution is 5.34. The van der Waals surface area contributed by atoms with E-state index < -0.39 is 11.7 Å². The first-order chi connectivity index (χ1) is 6.97. The Morgan fingerprint density at radius 3 is 2.40 bits per heavy atom. The van der Waals surface area contributed by atoms with Gasteiger partial charge in [-0.2, -0.15) is 0 Å². The van der Waals surface area contributed by atoms with E-state index in [9.17, 15) is 10.2 Å². The largest absolute Gasteiger partial charge is 0.390 e. The molecule has 0 spiro atoms. The van der Waals surface area contributed by atoms with Crippen LogP contribution < -0.4 is 0 Å². The third-order valence-corrected chi connectivity index (χ3v) is 1.85. The van der Waals surface area contributed by atoms with Gasteiger partial charge in [0.2, 0.25) is 0 Å². The smallest absolute Gasteiger partial charge is 0.117 e. The first-order valence-corrected chi connectivity index (χ1v) is 4.94. The molecule has 0 aliphatic heterocycles. The normalized spacial score (nSPS) is 12.8. The molecule has 0 aromatic heterocycles. The standard InChI is InChI=1S/C13H16O2/c1-13(2,15)10-12(14)9-8-11-6-4-3-5-7-11/h3-7,12,14-15H,10H2,1-2H3. The van der Waals surface area contributed by atoms with Gasteiger partial charge >= 0.3 is 0 Å². The van der Waals surface area contributed by atoms with Crippen molar-refractivity contribution in [3.05, 3.63) is 35.9 Å². The fraction of sp³-hybridized carbons (Fsp3) is 0.385. The molecule has 80 valence electrons. The Bertz CT molecular complexity index is 352. The van der Waals surface area contributed by atoms with Crippen molar-refractivity contribution in [1.29, 1.82) is 0 Å². The van der Waals surface area contributed by atoms with E-state index in [2.05, 4.69) is 11.8 Å². The minimum Gasteiger partial charge on any atom is -0.390 e.